The van der Waals surface area contributed by atoms with Gasteiger partial charge in [-0.05, 0) is 27.6 Å². The molecule has 0 bridgehead atoms. The van der Waals surface area contributed by atoms with Gasteiger partial charge in [0.2, 0.25) is 0 Å². The van der Waals surface area contributed by atoms with Crippen LogP contribution in [-0.4, -0.2) is 11.1 Å². The highest BCUT2D eigenvalue weighted by molar-refractivity contribution is 14.1. The number of hydrogen-bond donors (Lipinski definition) is 0. The Morgan fingerprint density at radius 3 is 2.22 bits per heavy atom. The van der Waals surface area contributed by atoms with Crippen LogP contribution in [0.1, 0.15) is 25.8 Å². The fourth-order valence-corrected chi connectivity index (χ4v) is 4.18. The lowest BCUT2D eigenvalue weighted by molar-refractivity contribution is 0.441. The highest BCUT2D eigenvalue weighted by Crippen LogP contribution is 2.42. The number of benzene rings is 1. The van der Waals surface area contributed by atoms with Crippen molar-refractivity contribution in [3.05, 3.63) is 61.0 Å². The molecule has 0 fully saturated rings. The summed E-state index contributed by atoms with van der Waals surface area (Å²) in [7, 11) is 0. The summed E-state index contributed by atoms with van der Waals surface area (Å²) in [5.74, 6) is 4.61. The molecule has 0 spiro atoms. The number of hydrogen-bond acceptors (Lipinski definition) is 0. The van der Waals surface area contributed by atoms with Crippen LogP contribution in [-0.2, 0) is 5.41 Å². The predicted octanol–water partition coefficient (Wildman–Crippen LogP) is 5.10. The molecule has 1 unspecified atom stereocenters. The molecule has 2 heteroatoms. The topological polar surface area (TPSA) is 0 Å². The van der Waals surface area contributed by atoms with Crippen molar-refractivity contribution < 1.29 is 0 Å². The van der Waals surface area contributed by atoms with Gasteiger partial charge in [-0.2, -0.15) is 0 Å². The summed E-state index contributed by atoms with van der Waals surface area (Å²) in [6.07, 6.45) is 1.13. The Kier molecular flexibility index (Phi) is 6.20. The minimum Gasteiger partial charge on any atom is -0.117 e. The van der Waals surface area contributed by atoms with Crippen molar-refractivity contribution >= 4 is 29.3 Å². The van der Waals surface area contributed by atoms with E-state index >= 15 is 0 Å². The van der Waals surface area contributed by atoms with Gasteiger partial charge < -0.3 is 0 Å². The molecule has 0 nitrogen and oxygen atoms in total. The van der Waals surface area contributed by atoms with Crippen molar-refractivity contribution in [2.45, 2.75) is 31.5 Å². The van der Waals surface area contributed by atoms with Gasteiger partial charge >= 0.3 is 0 Å². The van der Waals surface area contributed by atoms with E-state index in [0.29, 0.717) is 12.5 Å². The first-order valence-electron chi connectivity index (χ1n) is 6.50. The summed E-state index contributed by atoms with van der Waals surface area (Å²) >= 11 is 2.49. The Morgan fingerprint density at radius 1 is 1.28 bits per heavy atom. The standard InChI is InChI=1S/C16H22BI/c1-5-16(4,14-11-9-8-10-12-14)15(13-18)17(6-2)7-3/h6-12,15H,2-3,5,13H2,1,4H3/t15?,16-/m1/s1. The molecule has 0 aromatic heterocycles. The van der Waals surface area contributed by atoms with Crippen molar-refractivity contribution in [3.8, 4) is 0 Å². The van der Waals surface area contributed by atoms with Crippen LogP contribution in [0.3, 0.4) is 0 Å². The van der Waals surface area contributed by atoms with Gasteiger partial charge in [0.25, 0.3) is 0 Å². The van der Waals surface area contributed by atoms with Gasteiger partial charge in [-0.3, -0.25) is 0 Å². The molecule has 0 saturated carbocycles. The second-order valence-corrected chi connectivity index (χ2v) is 5.83. The van der Waals surface area contributed by atoms with Gasteiger partial charge in [-0.15, -0.1) is 25.1 Å². The quantitative estimate of drug-likeness (QED) is 0.364. The Morgan fingerprint density at radius 2 is 1.83 bits per heavy atom. The van der Waals surface area contributed by atoms with Crippen LogP contribution in [0.5, 0.6) is 0 Å². The molecule has 0 aliphatic rings. The maximum atomic E-state index is 3.97. The number of alkyl halides is 1. The van der Waals surface area contributed by atoms with E-state index in [1.807, 2.05) is 12.0 Å². The van der Waals surface area contributed by atoms with Crippen molar-refractivity contribution in [1.82, 2.24) is 0 Å². The predicted molar refractivity (Wildman–Crippen MR) is 92.9 cm³/mol. The summed E-state index contributed by atoms with van der Waals surface area (Å²) < 4.78 is 1.11. The lowest BCUT2D eigenvalue weighted by Gasteiger charge is -2.39. The van der Waals surface area contributed by atoms with Crippen LogP contribution in [0.15, 0.2) is 55.4 Å². The largest absolute Gasteiger partial charge is 0.195 e. The minimum absolute atomic E-state index is 0.176. The average Bonchev–Trinajstić information content (AvgIpc) is 2.44. The Labute approximate surface area is 126 Å². The monoisotopic (exact) mass is 352 g/mol. The van der Waals surface area contributed by atoms with Gasteiger partial charge in [-0.1, -0.05) is 66.8 Å². The van der Waals surface area contributed by atoms with Crippen molar-refractivity contribution in [2.24, 2.45) is 0 Å². The van der Waals surface area contributed by atoms with E-state index in [0.717, 1.165) is 10.8 Å². The summed E-state index contributed by atoms with van der Waals surface area (Å²) in [5.41, 5.74) is 1.60. The maximum Gasteiger partial charge on any atom is 0.195 e. The van der Waals surface area contributed by atoms with Gasteiger partial charge in [0, 0.05) is 0 Å². The highest BCUT2D eigenvalue weighted by atomic mass is 127. The van der Waals surface area contributed by atoms with Crippen molar-refractivity contribution in [1.29, 1.82) is 0 Å². The molecule has 1 rings (SSSR count). The van der Waals surface area contributed by atoms with Crippen molar-refractivity contribution in [2.75, 3.05) is 4.43 Å². The lowest BCUT2D eigenvalue weighted by Crippen LogP contribution is -2.36. The van der Waals surface area contributed by atoms with Gasteiger partial charge in [-0.25, -0.2) is 0 Å². The smallest absolute Gasteiger partial charge is 0.117 e. The Hall–Kier alpha value is -0.505. The lowest BCUT2D eigenvalue weighted by atomic mass is 9.36. The highest BCUT2D eigenvalue weighted by Gasteiger charge is 2.37. The molecule has 2 atom stereocenters. The molecule has 0 amide bonds. The molecule has 1 aromatic rings. The van der Waals surface area contributed by atoms with E-state index in [2.05, 4.69) is 79.9 Å². The third-order valence-electron chi connectivity index (χ3n) is 4.16. The van der Waals surface area contributed by atoms with Gasteiger partial charge in [0.1, 0.15) is 0 Å². The van der Waals surface area contributed by atoms with Crippen LogP contribution in [0.2, 0.25) is 5.82 Å². The van der Waals surface area contributed by atoms with E-state index in [4.69, 9.17) is 0 Å². The number of rotatable bonds is 7. The van der Waals surface area contributed by atoms with Crippen molar-refractivity contribution in [3.63, 3.8) is 0 Å². The zero-order valence-corrected chi connectivity index (χ0v) is 13.6. The fraction of sp³-hybridized carbons (Fsp3) is 0.375. The molecule has 18 heavy (non-hydrogen) atoms. The first-order valence-corrected chi connectivity index (χ1v) is 8.03. The van der Waals surface area contributed by atoms with Gasteiger partial charge in [0.15, 0.2) is 6.71 Å². The Balaban J connectivity index is 3.20. The average molecular weight is 352 g/mol. The molecule has 0 heterocycles. The third kappa shape index (κ3) is 3.08. The summed E-state index contributed by atoms with van der Waals surface area (Å²) in [6.45, 7) is 12.9. The second kappa shape index (κ2) is 7.17. The maximum absolute atomic E-state index is 3.97. The molecule has 0 saturated heterocycles. The minimum atomic E-state index is 0.176. The van der Waals surface area contributed by atoms with E-state index < -0.39 is 0 Å². The zero-order valence-electron chi connectivity index (χ0n) is 11.4. The zero-order chi connectivity index (χ0) is 13.6. The van der Waals surface area contributed by atoms with E-state index in [9.17, 15) is 0 Å². The summed E-state index contributed by atoms with van der Waals surface area (Å²) in [6, 6.07) is 10.8. The SMILES string of the molecule is C=CB(C=C)C(CI)[C@](C)(CC)c1ccccc1. The first-order chi connectivity index (χ1) is 8.63. The summed E-state index contributed by atoms with van der Waals surface area (Å²) in [4.78, 5) is 0. The van der Waals surface area contributed by atoms with Crippen LogP contribution < -0.4 is 0 Å². The molecule has 1 aromatic carbocycles. The molecular weight excluding hydrogens is 330 g/mol. The van der Waals surface area contributed by atoms with E-state index in [1.54, 1.807) is 0 Å². The molecule has 0 aliphatic heterocycles. The van der Waals surface area contributed by atoms with Gasteiger partial charge in [0.05, 0.1) is 0 Å². The van der Waals surface area contributed by atoms with E-state index in [1.165, 1.54) is 5.56 Å². The fourth-order valence-electron chi connectivity index (χ4n) is 2.62. The second-order valence-electron chi connectivity index (χ2n) is 4.95. The third-order valence-corrected chi connectivity index (χ3v) is 5.11. The van der Waals surface area contributed by atoms with Crippen LogP contribution in [0.4, 0.5) is 0 Å². The van der Waals surface area contributed by atoms with Crippen LogP contribution in [0, 0.1) is 0 Å². The van der Waals surface area contributed by atoms with Crippen LogP contribution in [0.25, 0.3) is 0 Å². The molecule has 0 aliphatic carbocycles. The van der Waals surface area contributed by atoms with E-state index in [-0.39, 0.29) is 5.41 Å². The number of halogens is 1. The molecule has 96 valence electrons. The Bertz CT molecular complexity index is 379. The molecule has 0 N–H and O–H groups in total. The first kappa shape index (κ1) is 15.6. The summed E-state index contributed by atoms with van der Waals surface area (Å²) in [5, 5.41) is 0. The molecule has 0 radical (unpaired) electrons. The molecular formula is C16H22BI. The van der Waals surface area contributed by atoms with Crippen LogP contribution >= 0.6 is 22.6 Å². The normalized spacial score (nSPS) is 15.5.